The Kier molecular flexibility index (Phi) is 7.17. The molecule has 1 fully saturated rings. The highest BCUT2D eigenvalue weighted by Gasteiger charge is 2.24. The van der Waals surface area contributed by atoms with Crippen LogP contribution in [0.15, 0.2) is 54.6 Å². The fraction of sp³-hybridized carbons (Fsp3) is 0.364. The summed E-state index contributed by atoms with van der Waals surface area (Å²) in [6, 6.07) is 17.8. The first-order valence-corrected chi connectivity index (χ1v) is 9.48. The van der Waals surface area contributed by atoms with Crippen molar-refractivity contribution in [2.24, 2.45) is 0 Å². The number of hydrogen-bond donors (Lipinski definition) is 0. The zero-order valence-corrected chi connectivity index (χ0v) is 16.2. The van der Waals surface area contributed by atoms with Gasteiger partial charge in [-0.3, -0.25) is 9.59 Å². The largest absolute Gasteiger partial charge is 0.382 e. The van der Waals surface area contributed by atoms with Crippen LogP contribution in [0, 0.1) is 0 Å². The first-order chi connectivity index (χ1) is 13.7. The minimum absolute atomic E-state index is 0.00283. The quantitative estimate of drug-likeness (QED) is 0.690. The minimum atomic E-state index is -0.0459. The molecule has 0 unspecified atom stereocenters. The molecule has 1 saturated heterocycles. The molecule has 0 bridgehead atoms. The Morgan fingerprint density at radius 3 is 2.07 bits per heavy atom. The zero-order chi connectivity index (χ0) is 19.8. The molecule has 3 rings (SSSR count). The lowest BCUT2D eigenvalue weighted by Crippen LogP contribution is -2.51. The lowest BCUT2D eigenvalue weighted by molar-refractivity contribution is -0.138. The zero-order valence-electron chi connectivity index (χ0n) is 16.2. The van der Waals surface area contributed by atoms with Gasteiger partial charge in [0.1, 0.15) is 6.61 Å². The van der Waals surface area contributed by atoms with Gasteiger partial charge in [-0.25, -0.2) is 0 Å². The Hall–Kier alpha value is -2.70. The Balaban J connectivity index is 1.50. The minimum Gasteiger partial charge on any atom is -0.382 e. The number of carbonyl (C=O) groups excluding carboxylic acids is 2. The maximum Gasteiger partial charge on any atom is 0.253 e. The van der Waals surface area contributed by atoms with E-state index < -0.39 is 0 Å². The molecule has 148 valence electrons. The molecule has 6 nitrogen and oxygen atoms in total. The van der Waals surface area contributed by atoms with Crippen molar-refractivity contribution in [2.45, 2.75) is 0 Å². The molecule has 0 aromatic heterocycles. The fourth-order valence-corrected chi connectivity index (χ4v) is 3.17. The molecule has 28 heavy (non-hydrogen) atoms. The van der Waals surface area contributed by atoms with E-state index in [4.69, 9.17) is 9.47 Å². The summed E-state index contributed by atoms with van der Waals surface area (Å²) in [5.41, 5.74) is 2.88. The smallest absolute Gasteiger partial charge is 0.253 e. The van der Waals surface area contributed by atoms with Gasteiger partial charge >= 0.3 is 0 Å². The number of nitrogens with zero attached hydrogens (tertiary/aromatic N) is 2. The van der Waals surface area contributed by atoms with Crippen LogP contribution in [0.5, 0.6) is 0 Å². The van der Waals surface area contributed by atoms with E-state index in [0.717, 1.165) is 11.1 Å². The van der Waals surface area contributed by atoms with Crippen LogP contribution in [0.3, 0.4) is 0 Å². The third-order valence-corrected chi connectivity index (χ3v) is 4.82. The van der Waals surface area contributed by atoms with Crippen LogP contribution >= 0.6 is 0 Å². The van der Waals surface area contributed by atoms with Gasteiger partial charge in [-0.15, -0.1) is 0 Å². The second-order valence-corrected chi connectivity index (χ2v) is 6.66. The van der Waals surface area contributed by atoms with Gasteiger partial charge < -0.3 is 19.3 Å². The van der Waals surface area contributed by atoms with Gasteiger partial charge in [0.05, 0.1) is 13.2 Å². The van der Waals surface area contributed by atoms with Gasteiger partial charge in [0.25, 0.3) is 5.91 Å². The van der Waals surface area contributed by atoms with E-state index >= 15 is 0 Å². The van der Waals surface area contributed by atoms with Crippen LogP contribution in [0.4, 0.5) is 0 Å². The number of hydrogen-bond acceptors (Lipinski definition) is 4. The monoisotopic (exact) mass is 382 g/mol. The normalized spacial score (nSPS) is 14.2. The highest BCUT2D eigenvalue weighted by Crippen LogP contribution is 2.20. The highest BCUT2D eigenvalue weighted by molar-refractivity contribution is 5.95. The molecule has 6 heteroatoms. The van der Waals surface area contributed by atoms with Crippen molar-refractivity contribution in [1.82, 2.24) is 9.80 Å². The molecule has 0 N–H and O–H groups in total. The van der Waals surface area contributed by atoms with E-state index in [1.54, 1.807) is 16.9 Å². The van der Waals surface area contributed by atoms with Crippen molar-refractivity contribution in [1.29, 1.82) is 0 Å². The van der Waals surface area contributed by atoms with Crippen LogP contribution in [0.25, 0.3) is 11.1 Å². The molecule has 2 amide bonds. The van der Waals surface area contributed by atoms with Crippen molar-refractivity contribution in [3.63, 3.8) is 0 Å². The number of carbonyl (C=O) groups is 2. The van der Waals surface area contributed by atoms with Crippen molar-refractivity contribution >= 4 is 11.8 Å². The molecule has 0 radical (unpaired) electrons. The van der Waals surface area contributed by atoms with Crippen LogP contribution in [-0.4, -0.2) is 74.7 Å². The molecular formula is C22H26N2O4. The third kappa shape index (κ3) is 5.18. The molecule has 2 aromatic carbocycles. The van der Waals surface area contributed by atoms with Gasteiger partial charge in [0, 0.05) is 38.9 Å². The third-order valence-electron chi connectivity index (χ3n) is 4.82. The number of amides is 2. The van der Waals surface area contributed by atoms with E-state index in [1.165, 1.54) is 0 Å². The van der Waals surface area contributed by atoms with Crippen LogP contribution in [-0.2, 0) is 14.3 Å². The van der Waals surface area contributed by atoms with Gasteiger partial charge in [-0.2, -0.15) is 0 Å². The van der Waals surface area contributed by atoms with E-state index in [0.29, 0.717) is 45.0 Å². The van der Waals surface area contributed by atoms with E-state index in [1.807, 2.05) is 54.6 Å². The summed E-state index contributed by atoms with van der Waals surface area (Å²) in [4.78, 5) is 28.4. The lowest BCUT2D eigenvalue weighted by atomic mass is 10.0. The van der Waals surface area contributed by atoms with Gasteiger partial charge in [0.2, 0.25) is 5.91 Å². The summed E-state index contributed by atoms with van der Waals surface area (Å²) >= 11 is 0. The summed E-state index contributed by atoms with van der Waals surface area (Å²) in [5.74, 6) is -0.0431. The lowest BCUT2D eigenvalue weighted by Gasteiger charge is -2.34. The summed E-state index contributed by atoms with van der Waals surface area (Å²) in [5, 5.41) is 0. The van der Waals surface area contributed by atoms with Crippen molar-refractivity contribution < 1.29 is 19.1 Å². The maximum absolute atomic E-state index is 12.8. The molecule has 1 aliphatic heterocycles. The molecule has 1 aliphatic rings. The molecule has 0 atom stereocenters. The van der Waals surface area contributed by atoms with Crippen LogP contribution < -0.4 is 0 Å². The number of ether oxygens (including phenoxy) is 2. The second-order valence-electron chi connectivity index (χ2n) is 6.66. The molecule has 0 saturated carbocycles. The maximum atomic E-state index is 12.8. The SMILES string of the molecule is COCCOCC(=O)N1CCN(C(=O)c2ccc(-c3ccccc3)cc2)CC1. The predicted octanol–water partition coefficient (Wildman–Crippen LogP) is 2.30. The highest BCUT2D eigenvalue weighted by atomic mass is 16.5. The second kappa shape index (κ2) is 10.0. The van der Waals surface area contributed by atoms with Gasteiger partial charge in [0.15, 0.2) is 0 Å². The van der Waals surface area contributed by atoms with Gasteiger partial charge in [-0.05, 0) is 23.3 Å². The molecule has 0 aliphatic carbocycles. The molecular weight excluding hydrogens is 356 g/mol. The van der Waals surface area contributed by atoms with E-state index in [2.05, 4.69) is 0 Å². The summed E-state index contributed by atoms with van der Waals surface area (Å²) < 4.78 is 10.2. The first kappa shape index (κ1) is 20.0. The molecule has 0 spiro atoms. The Labute approximate surface area is 165 Å². The topological polar surface area (TPSA) is 59.1 Å². The summed E-state index contributed by atoms with van der Waals surface area (Å²) in [6.07, 6.45) is 0. The van der Waals surface area contributed by atoms with Crippen LogP contribution in [0.1, 0.15) is 10.4 Å². The number of piperazine rings is 1. The van der Waals surface area contributed by atoms with E-state index in [-0.39, 0.29) is 18.4 Å². The number of benzene rings is 2. The number of methoxy groups -OCH3 is 1. The Morgan fingerprint density at radius 1 is 0.821 bits per heavy atom. The average Bonchev–Trinajstić information content (AvgIpc) is 2.77. The first-order valence-electron chi connectivity index (χ1n) is 9.48. The summed E-state index contributed by atoms with van der Waals surface area (Å²) in [7, 11) is 1.59. The standard InChI is InChI=1S/C22H26N2O4/c1-27-15-16-28-17-21(25)23-11-13-24(14-12-23)22(26)20-9-7-19(8-10-20)18-5-3-2-4-6-18/h2-10H,11-17H2,1H3. The molecule has 1 heterocycles. The van der Waals surface area contributed by atoms with E-state index in [9.17, 15) is 9.59 Å². The van der Waals surface area contributed by atoms with Gasteiger partial charge in [-0.1, -0.05) is 42.5 Å². The fourth-order valence-electron chi connectivity index (χ4n) is 3.17. The molecule has 2 aromatic rings. The van der Waals surface area contributed by atoms with Crippen LogP contribution in [0.2, 0.25) is 0 Å². The van der Waals surface area contributed by atoms with Crippen molar-refractivity contribution in [3.05, 3.63) is 60.2 Å². The number of rotatable bonds is 7. The average molecular weight is 382 g/mol. The Bertz CT molecular complexity index is 769. The van der Waals surface area contributed by atoms with Crippen molar-refractivity contribution in [3.8, 4) is 11.1 Å². The predicted molar refractivity (Wildman–Crippen MR) is 107 cm³/mol. The Morgan fingerprint density at radius 2 is 1.43 bits per heavy atom. The summed E-state index contributed by atoms with van der Waals surface area (Å²) in [6.45, 7) is 3.04. The van der Waals surface area contributed by atoms with Crippen molar-refractivity contribution in [2.75, 3.05) is 53.1 Å².